The van der Waals surface area contributed by atoms with E-state index in [0.29, 0.717) is 31.0 Å². The van der Waals surface area contributed by atoms with Gasteiger partial charge in [-0.05, 0) is 18.6 Å². The van der Waals surface area contributed by atoms with Gasteiger partial charge in [-0.1, -0.05) is 0 Å². The van der Waals surface area contributed by atoms with E-state index in [0.717, 1.165) is 0 Å². The third-order valence-corrected chi connectivity index (χ3v) is 3.58. The Hall–Kier alpha value is -2.19. The number of nitrogens with two attached hydrogens (primary N) is 1. The molecule has 8 heteroatoms. The van der Waals surface area contributed by atoms with E-state index < -0.39 is 0 Å². The zero-order valence-corrected chi connectivity index (χ0v) is 13.3. The third kappa shape index (κ3) is 4.90. The molecule has 0 unspecified atom stereocenters. The number of carbonyl (C=O) groups excluding carboxylic acids is 2. The van der Waals surface area contributed by atoms with E-state index in [9.17, 15) is 9.59 Å². The highest BCUT2D eigenvalue weighted by atomic mass is 16.5. The minimum absolute atomic E-state index is 0.0204. The molecule has 2 amide bonds. The fraction of sp³-hybridized carbons (Fsp3) is 0.533. The van der Waals surface area contributed by atoms with Gasteiger partial charge in [0, 0.05) is 26.9 Å². The number of nitrogen functional groups attached to an aromatic ring is 1. The molecule has 1 aliphatic heterocycles. The van der Waals surface area contributed by atoms with E-state index >= 15 is 0 Å². The summed E-state index contributed by atoms with van der Waals surface area (Å²) in [6.07, 6.45) is 1.77. The van der Waals surface area contributed by atoms with Crippen molar-refractivity contribution < 1.29 is 19.1 Å². The SMILES string of the molecule is CN(C)C(=O)CO[C@@H]1CCOC[C@@H]1NC(=O)c1ccc(N)nc1. The Morgan fingerprint density at radius 2 is 2.26 bits per heavy atom. The number of aromatic nitrogens is 1. The Kier molecular flexibility index (Phi) is 5.89. The molecule has 1 fully saturated rings. The summed E-state index contributed by atoms with van der Waals surface area (Å²) in [5.74, 6) is -0.0456. The Morgan fingerprint density at radius 1 is 1.48 bits per heavy atom. The number of amides is 2. The molecule has 1 saturated heterocycles. The minimum atomic E-state index is -0.316. The van der Waals surface area contributed by atoms with Crippen LogP contribution in [0.15, 0.2) is 18.3 Å². The second-order valence-electron chi connectivity index (χ2n) is 5.55. The molecule has 0 radical (unpaired) electrons. The molecule has 2 rings (SSSR count). The maximum absolute atomic E-state index is 12.2. The fourth-order valence-electron chi connectivity index (χ4n) is 2.15. The van der Waals surface area contributed by atoms with Crippen LogP contribution in [-0.4, -0.2) is 67.8 Å². The second kappa shape index (κ2) is 7.89. The molecular weight excluding hydrogens is 300 g/mol. The Morgan fingerprint density at radius 3 is 2.91 bits per heavy atom. The lowest BCUT2D eigenvalue weighted by molar-refractivity contribution is -0.138. The molecule has 8 nitrogen and oxygen atoms in total. The number of nitrogens with one attached hydrogen (secondary N) is 1. The van der Waals surface area contributed by atoms with Crippen LogP contribution in [0.25, 0.3) is 0 Å². The van der Waals surface area contributed by atoms with Crippen LogP contribution >= 0.6 is 0 Å². The molecule has 0 aliphatic carbocycles. The Bertz CT molecular complexity index is 547. The van der Waals surface area contributed by atoms with Gasteiger partial charge in [-0.3, -0.25) is 9.59 Å². The van der Waals surface area contributed by atoms with Gasteiger partial charge in [-0.2, -0.15) is 0 Å². The summed E-state index contributed by atoms with van der Waals surface area (Å²) in [6, 6.07) is 2.85. The van der Waals surface area contributed by atoms with Crippen LogP contribution in [0.4, 0.5) is 5.82 Å². The van der Waals surface area contributed by atoms with Crippen LogP contribution in [0.5, 0.6) is 0 Å². The number of rotatable bonds is 5. The van der Waals surface area contributed by atoms with E-state index in [4.69, 9.17) is 15.2 Å². The quantitative estimate of drug-likeness (QED) is 0.768. The van der Waals surface area contributed by atoms with E-state index in [-0.39, 0.29) is 30.6 Å². The van der Waals surface area contributed by atoms with Gasteiger partial charge in [-0.25, -0.2) is 4.98 Å². The van der Waals surface area contributed by atoms with Crippen LogP contribution in [-0.2, 0) is 14.3 Å². The monoisotopic (exact) mass is 322 g/mol. The van der Waals surface area contributed by atoms with Crippen LogP contribution in [0, 0.1) is 0 Å². The van der Waals surface area contributed by atoms with E-state index in [1.807, 2.05) is 0 Å². The van der Waals surface area contributed by atoms with E-state index in [1.54, 1.807) is 26.2 Å². The van der Waals surface area contributed by atoms with Gasteiger partial charge in [0.05, 0.1) is 24.3 Å². The number of pyridine rings is 1. The predicted octanol–water partition coefficient (Wildman–Crippen LogP) is -0.344. The highest BCUT2D eigenvalue weighted by Gasteiger charge is 2.29. The Labute approximate surface area is 134 Å². The van der Waals surface area contributed by atoms with Gasteiger partial charge in [0.1, 0.15) is 12.4 Å². The summed E-state index contributed by atoms with van der Waals surface area (Å²) in [5, 5.41) is 2.86. The van der Waals surface area contributed by atoms with Crippen molar-refractivity contribution >= 4 is 17.6 Å². The summed E-state index contributed by atoms with van der Waals surface area (Å²) >= 11 is 0. The number of hydrogen-bond donors (Lipinski definition) is 2. The average molecular weight is 322 g/mol. The lowest BCUT2D eigenvalue weighted by atomic mass is 10.1. The first-order chi connectivity index (χ1) is 11.0. The highest BCUT2D eigenvalue weighted by molar-refractivity contribution is 5.94. The van der Waals surface area contributed by atoms with Crippen molar-refractivity contribution in [3.05, 3.63) is 23.9 Å². The lowest BCUT2D eigenvalue weighted by Crippen LogP contribution is -2.51. The zero-order valence-electron chi connectivity index (χ0n) is 13.3. The number of likely N-dealkylation sites (N-methyl/N-ethyl adjacent to an activating group) is 1. The Balaban J connectivity index is 1.93. The van der Waals surface area contributed by atoms with Gasteiger partial charge in [0.15, 0.2) is 0 Å². The van der Waals surface area contributed by atoms with Gasteiger partial charge in [-0.15, -0.1) is 0 Å². The molecule has 126 valence electrons. The summed E-state index contributed by atoms with van der Waals surface area (Å²) in [4.78, 5) is 29.2. The molecular formula is C15H22N4O4. The van der Waals surface area contributed by atoms with Crippen molar-refractivity contribution in [2.75, 3.05) is 39.6 Å². The smallest absolute Gasteiger partial charge is 0.253 e. The van der Waals surface area contributed by atoms with Crippen molar-refractivity contribution in [2.24, 2.45) is 0 Å². The summed E-state index contributed by atoms with van der Waals surface area (Å²) in [7, 11) is 3.34. The largest absolute Gasteiger partial charge is 0.384 e. The number of carbonyl (C=O) groups is 2. The normalized spacial score (nSPS) is 20.8. The maximum atomic E-state index is 12.2. The minimum Gasteiger partial charge on any atom is -0.384 e. The lowest BCUT2D eigenvalue weighted by Gasteiger charge is -2.32. The number of ether oxygens (including phenoxy) is 2. The molecule has 0 aromatic carbocycles. The third-order valence-electron chi connectivity index (χ3n) is 3.58. The van der Waals surface area contributed by atoms with Gasteiger partial charge >= 0.3 is 0 Å². The topological polar surface area (TPSA) is 107 Å². The van der Waals surface area contributed by atoms with E-state index in [2.05, 4.69) is 10.3 Å². The maximum Gasteiger partial charge on any atom is 0.253 e. The molecule has 0 saturated carbocycles. The summed E-state index contributed by atoms with van der Waals surface area (Å²) in [6.45, 7) is 0.860. The highest BCUT2D eigenvalue weighted by Crippen LogP contribution is 2.13. The number of hydrogen-bond acceptors (Lipinski definition) is 6. The molecule has 1 aliphatic rings. The molecule has 0 spiro atoms. The van der Waals surface area contributed by atoms with Gasteiger partial charge < -0.3 is 25.4 Å². The van der Waals surface area contributed by atoms with Crippen molar-refractivity contribution in [3.63, 3.8) is 0 Å². The predicted molar refractivity (Wildman–Crippen MR) is 83.8 cm³/mol. The van der Waals surface area contributed by atoms with Crippen molar-refractivity contribution in [1.29, 1.82) is 0 Å². The van der Waals surface area contributed by atoms with E-state index in [1.165, 1.54) is 11.1 Å². The first-order valence-corrected chi connectivity index (χ1v) is 7.39. The summed E-state index contributed by atoms with van der Waals surface area (Å²) in [5.41, 5.74) is 5.92. The molecule has 1 aromatic heterocycles. The first kappa shape index (κ1) is 17.2. The van der Waals surface area contributed by atoms with Crippen LogP contribution in [0.1, 0.15) is 16.8 Å². The van der Waals surface area contributed by atoms with Crippen molar-refractivity contribution in [1.82, 2.24) is 15.2 Å². The van der Waals surface area contributed by atoms with Crippen molar-refractivity contribution in [2.45, 2.75) is 18.6 Å². The van der Waals surface area contributed by atoms with Crippen molar-refractivity contribution in [3.8, 4) is 0 Å². The molecule has 23 heavy (non-hydrogen) atoms. The molecule has 0 bridgehead atoms. The number of anilines is 1. The molecule has 3 N–H and O–H groups in total. The molecule has 2 atom stereocenters. The van der Waals surface area contributed by atoms with Crippen LogP contribution in [0.2, 0.25) is 0 Å². The second-order valence-corrected chi connectivity index (χ2v) is 5.55. The fourth-order valence-corrected chi connectivity index (χ4v) is 2.15. The molecule has 2 heterocycles. The van der Waals surface area contributed by atoms with Gasteiger partial charge in [0.25, 0.3) is 5.91 Å². The number of nitrogens with zero attached hydrogens (tertiary/aromatic N) is 2. The standard InChI is InChI=1S/C15H22N4O4/c1-19(2)14(20)9-23-12-5-6-22-8-11(12)18-15(21)10-3-4-13(16)17-7-10/h3-4,7,11-12H,5-6,8-9H2,1-2H3,(H2,16,17)(H,18,21)/t11-,12+/m0/s1. The molecule has 1 aromatic rings. The average Bonchev–Trinajstić information content (AvgIpc) is 2.54. The zero-order chi connectivity index (χ0) is 16.8. The van der Waals surface area contributed by atoms with Gasteiger partial charge in [0.2, 0.25) is 5.91 Å². The summed E-state index contributed by atoms with van der Waals surface area (Å²) < 4.78 is 11.0. The van der Waals surface area contributed by atoms with Crippen LogP contribution in [0.3, 0.4) is 0 Å². The van der Waals surface area contributed by atoms with Crippen LogP contribution < -0.4 is 11.1 Å². The first-order valence-electron chi connectivity index (χ1n) is 7.39.